The van der Waals surface area contributed by atoms with Gasteiger partial charge in [-0.15, -0.1) is 0 Å². The van der Waals surface area contributed by atoms with Crippen LogP contribution in [0.3, 0.4) is 0 Å². The van der Waals surface area contributed by atoms with Gasteiger partial charge in [0.2, 0.25) is 0 Å². The van der Waals surface area contributed by atoms with Crippen molar-refractivity contribution in [3.8, 4) is 0 Å². The summed E-state index contributed by atoms with van der Waals surface area (Å²) in [5, 5.41) is 5.23. The van der Waals surface area contributed by atoms with Crippen LogP contribution >= 0.6 is 23.8 Å². The molecule has 0 spiro atoms. The van der Waals surface area contributed by atoms with E-state index in [0.717, 1.165) is 34.4 Å². The van der Waals surface area contributed by atoms with E-state index in [1.807, 2.05) is 18.2 Å². The maximum Gasteiger partial charge on any atom is 0.174 e. The highest BCUT2D eigenvalue weighted by Gasteiger charge is 2.24. The molecule has 0 atom stereocenters. The van der Waals surface area contributed by atoms with Gasteiger partial charge >= 0.3 is 0 Å². The quantitative estimate of drug-likeness (QED) is 0.279. The lowest BCUT2D eigenvalue weighted by molar-refractivity contribution is 0.278. The summed E-state index contributed by atoms with van der Waals surface area (Å²) in [7, 11) is 0. The third kappa shape index (κ3) is 6.18. The largest absolute Gasteiger partial charge is 0.361 e. The Morgan fingerprint density at radius 1 is 0.939 bits per heavy atom. The smallest absolute Gasteiger partial charge is 0.174 e. The molecule has 1 aliphatic carbocycles. The Balaban J connectivity index is 1.53. The third-order valence-corrected chi connectivity index (χ3v) is 7.43. The number of halogens is 1. The second-order valence-corrected chi connectivity index (χ2v) is 10.0. The number of aromatic amines is 1. The van der Waals surface area contributed by atoms with E-state index in [1.165, 1.54) is 61.0 Å². The van der Waals surface area contributed by atoms with Gasteiger partial charge in [-0.2, -0.15) is 0 Å². The number of hydrogen-bond donors (Lipinski definition) is 2. The maximum atomic E-state index is 6.38. The van der Waals surface area contributed by atoms with Crippen LogP contribution in [-0.4, -0.2) is 21.0 Å². The zero-order chi connectivity index (χ0) is 23.2. The average Bonchev–Trinajstić information content (AvgIpc) is 3.06. The van der Waals surface area contributed by atoms with E-state index in [2.05, 4.69) is 65.4 Å². The standard InChI is InChI=1S/C28H34ClN3S/c1-20-10-9-11-21(2)27(20)31-28(33)32(25-13-5-3-4-6-14-25)19-24-17-16-23(30-24)18-22-12-7-8-15-26(22)29/h7-12,15-17,25,30H,3-6,13-14,18-19H2,1-2H3,(H,31,33). The molecule has 1 aliphatic rings. The summed E-state index contributed by atoms with van der Waals surface area (Å²) >= 11 is 12.4. The van der Waals surface area contributed by atoms with Crippen LogP contribution in [-0.2, 0) is 13.0 Å². The molecule has 1 heterocycles. The van der Waals surface area contributed by atoms with Crippen molar-refractivity contribution in [2.75, 3.05) is 5.32 Å². The minimum atomic E-state index is 0.465. The molecule has 0 amide bonds. The molecule has 0 saturated heterocycles. The van der Waals surface area contributed by atoms with Crippen molar-refractivity contribution in [3.63, 3.8) is 0 Å². The van der Waals surface area contributed by atoms with Crippen LogP contribution < -0.4 is 5.32 Å². The van der Waals surface area contributed by atoms with Crippen molar-refractivity contribution in [2.45, 2.75) is 71.4 Å². The molecule has 2 N–H and O–H groups in total. The SMILES string of the molecule is Cc1cccc(C)c1NC(=S)N(Cc1ccc(Cc2ccccc2Cl)[nH]1)C1CCCCCC1. The lowest BCUT2D eigenvalue weighted by atomic mass is 10.1. The second kappa shape index (κ2) is 11.2. The normalized spacial score (nSPS) is 14.6. The zero-order valence-corrected chi connectivity index (χ0v) is 21.2. The van der Waals surface area contributed by atoms with E-state index in [1.54, 1.807) is 0 Å². The van der Waals surface area contributed by atoms with Crippen LogP contribution in [0.5, 0.6) is 0 Å². The third-order valence-electron chi connectivity index (χ3n) is 6.73. The monoisotopic (exact) mass is 479 g/mol. The van der Waals surface area contributed by atoms with Gasteiger partial charge in [-0.1, -0.05) is 73.7 Å². The van der Waals surface area contributed by atoms with Crippen LogP contribution in [0.4, 0.5) is 5.69 Å². The zero-order valence-electron chi connectivity index (χ0n) is 19.7. The molecule has 2 aromatic carbocycles. The van der Waals surface area contributed by atoms with Gasteiger partial charge in [0, 0.05) is 34.6 Å². The second-order valence-electron chi connectivity index (χ2n) is 9.25. The number of H-pyrrole nitrogens is 1. The predicted molar refractivity (Wildman–Crippen MR) is 144 cm³/mol. The van der Waals surface area contributed by atoms with Crippen LogP contribution in [0.2, 0.25) is 5.02 Å². The average molecular weight is 480 g/mol. The summed E-state index contributed by atoms with van der Waals surface area (Å²) in [4.78, 5) is 6.04. The highest BCUT2D eigenvalue weighted by molar-refractivity contribution is 7.80. The molecule has 0 radical (unpaired) electrons. The first-order chi connectivity index (χ1) is 16.0. The Morgan fingerprint density at radius 2 is 1.61 bits per heavy atom. The van der Waals surface area contributed by atoms with Gasteiger partial charge in [-0.25, -0.2) is 0 Å². The first-order valence-corrected chi connectivity index (χ1v) is 12.8. The Kier molecular flexibility index (Phi) is 8.11. The van der Waals surface area contributed by atoms with Gasteiger partial charge in [0.25, 0.3) is 0 Å². The molecular weight excluding hydrogens is 446 g/mol. The van der Waals surface area contributed by atoms with Gasteiger partial charge in [-0.3, -0.25) is 0 Å². The van der Waals surface area contributed by atoms with Gasteiger partial charge in [0.1, 0.15) is 0 Å². The fraction of sp³-hybridized carbons (Fsp3) is 0.393. The topological polar surface area (TPSA) is 31.1 Å². The van der Waals surface area contributed by atoms with Gasteiger partial charge in [-0.05, 0) is 73.8 Å². The molecule has 3 nitrogen and oxygen atoms in total. The van der Waals surface area contributed by atoms with Crippen LogP contribution in [0.15, 0.2) is 54.6 Å². The molecule has 4 rings (SSSR count). The van der Waals surface area contributed by atoms with E-state index in [4.69, 9.17) is 23.8 Å². The lowest BCUT2D eigenvalue weighted by Crippen LogP contribution is -2.42. The number of aryl methyl sites for hydroxylation is 2. The molecule has 1 saturated carbocycles. The molecule has 1 aromatic heterocycles. The fourth-order valence-electron chi connectivity index (χ4n) is 4.84. The Hall–Kier alpha value is -2.30. The number of aromatic nitrogens is 1. The number of rotatable bonds is 6. The minimum absolute atomic E-state index is 0.465. The number of para-hydroxylation sites is 1. The van der Waals surface area contributed by atoms with Crippen molar-refractivity contribution < 1.29 is 0 Å². The van der Waals surface area contributed by atoms with Gasteiger partial charge in [0.15, 0.2) is 5.11 Å². The summed E-state index contributed by atoms with van der Waals surface area (Å²) in [6.07, 6.45) is 8.39. The lowest BCUT2D eigenvalue weighted by Gasteiger charge is -2.34. The van der Waals surface area contributed by atoms with Crippen LogP contribution in [0.1, 0.15) is 66.6 Å². The number of thiocarbonyl (C=S) groups is 1. The number of nitrogens with zero attached hydrogens (tertiary/aromatic N) is 1. The fourth-order valence-corrected chi connectivity index (χ4v) is 5.36. The molecule has 3 aromatic rings. The number of hydrogen-bond acceptors (Lipinski definition) is 1. The van der Waals surface area contributed by atoms with Crippen molar-refractivity contribution in [1.29, 1.82) is 0 Å². The molecule has 0 unspecified atom stereocenters. The number of nitrogens with one attached hydrogen (secondary N) is 2. The van der Waals surface area contributed by atoms with Crippen LogP contribution in [0, 0.1) is 13.8 Å². The molecule has 1 fully saturated rings. The van der Waals surface area contributed by atoms with E-state index in [-0.39, 0.29) is 0 Å². The predicted octanol–water partition coefficient (Wildman–Crippen LogP) is 7.80. The molecule has 33 heavy (non-hydrogen) atoms. The Labute approximate surface area is 208 Å². The first-order valence-electron chi connectivity index (χ1n) is 12.1. The summed E-state index contributed by atoms with van der Waals surface area (Å²) in [6.45, 7) is 5.06. The minimum Gasteiger partial charge on any atom is -0.361 e. The number of anilines is 1. The summed E-state index contributed by atoms with van der Waals surface area (Å²) < 4.78 is 0. The van der Waals surface area contributed by atoms with E-state index in [9.17, 15) is 0 Å². The summed E-state index contributed by atoms with van der Waals surface area (Å²) in [5.41, 5.74) is 7.08. The first kappa shape index (κ1) is 23.8. The molecule has 0 bridgehead atoms. The molecule has 174 valence electrons. The summed E-state index contributed by atoms with van der Waals surface area (Å²) in [6, 6.07) is 19.3. The Morgan fingerprint density at radius 3 is 2.30 bits per heavy atom. The van der Waals surface area contributed by atoms with Crippen LogP contribution in [0.25, 0.3) is 0 Å². The van der Waals surface area contributed by atoms with E-state index >= 15 is 0 Å². The molecular formula is C28H34ClN3S. The van der Waals surface area contributed by atoms with E-state index < -0.39 is 0 Å². The highest BCUT2D eigenvalue weighted by Crippen LogP contribution is 2.27. The number of benzene rings is 2. The van der Waals surface area contributed by atoms with Gasteiger partial charge in [0.05, 0.1) is 6.54 Å². The van der Waals surface area contributed by atoms with Crippen molar-refractivity contribution >= 4 is 34.6 Å². The van der Waals surface area contributed by atoms with Gasteiger partial charge < -0.3 is 15.2 Å². The summed E-state index contributed by atoms with van der Waals surface area (Å²) in [5.74, 6) is 0. The van der Waals surface area contributed by atoms with Crippen molar-refractivity contribution in [1.82, 2.24) is 9.88 Å². The van der Waals surface area contributed by atoms with Crippen molar-refractivity contribution in [3.05, 3.63) is 87.7 Å². The van der Waals surface area contributed by atoms with Crippen molar-refractivity contribution in [2.24, 2.45) is 0 Å². The molecule has 5 heteroatoms. The maximum absolute atomic E-state index is 6.38. The molecule has 0 aliphatic heterocycles. The Bertz CT molecular complexity index is 1060. The van der Waals surface area contributed by atoms with E-state index in [0.29, 0.717) is 6.04 Å². The highest BCUT2D eigenvalue weighted by atomic mass is 35.5.